The average Bonchev–Trinajstić information content (AvgIpc) is 3.35. The Morgan fingerprint density at radius 3 is 2.67 bits per heavy atom. The molecule has 1 aromatic heterocycles. The Kier molecular flexibility index (Phi) is 7.10. The largest absolute Gasteiger partial charge is 0.348 e. The molecule has 4 rings (SSSR count). The van der Waals surface area contributed by atoms with Crippen LogP contribution in [-0.4, -0.2) is 46.4 Å². The first-order valence-corrected chi connectivity index (χ1v) is 11.2. The molecule has 0 saturated carbocycles. The maximum absolute atomic E-state index is 11.8. The summed E-state index contributed by atoms with van der Waals surface area (Å²) in [6, 6.07) is 9.78. The van der Waals surface area contributed by atoms with Gasteiger partial charge in [0, 0.05) is 18.7 Å². The van der Waals surface area contributed by atoms with E-state index in [0.717, 1.165) is 36.2 Å². The minimum Gasteiger partial charge on any atom is -0.348 e. The number of hydrogen-bond acceptors (Lipinski definition) is 6. The van der Waals surface area contributed by atoms with Crippen LogP contribution in [-0.2, 0) is 20.7 Å². The van der Waals surface area contributed by atoms with Gasteiger partial charge in [-0.15, -0.1) is 5.10 Å². The van der Waals surface area contributed by atoms with Crippen molar-refractivity contribution in [2.75, 3.05) is 18.6 Å². The molecule has 2 aromatic rings. The van der Waals surface area contributed by atoms with Gasteiger partial charge in [-0.05, 0) is 68.2 Å². The number of carbonyl (C=O) groups excluding carboxylic acids is 2. The van der Waals surface area contributed by atoms with Crippen molar-refractivity contribution in [3.05, 3.63) is 84.8 Å². The summed E-state index contributed by atoms with van der Waals surface area (Å²) in [6.07, 6.45) is 18.9. The number of para-hydroxylation sites is 1. The molecule has 0 radical (unpaired) electrons. The maximum atomic E-state index is 11.8. The summed E-state index contributed by atoms with van der Waals surface area (Å²) < 4.78 is 8.06. The number of benzene rings is 1. The summed E-state index contributed by atoms with van der Waals surface area (Å²) in [5.74, 6) is -0.405. The highest BCUT2D eigenvalue weighted by atomic mass is 16.5. The molecule has 0 bridgehead atoms. The van der Waals surface area contributed by atoms with E-state index in [1.807, 2.05) is 54.6 Å². The Balaban J connectivity index is 1.40. The lowest BCUT2D eigenvalue weighted by Gasteiger charge is -2.40. The smallest absolute Gasteiger partial charge is 0.180 e. The van der Waals surface area contributed by atoms with E-state index in [1.54, 1.807) is 16.8 Å². The SMILES string of the molecule is CN(c1ccccc1)C1(OCC(C=O)CCc2cn(C3=CCCC=C3)nn2)C=CC(=O)C=C1. The minimum atomic E-state index is -0.945. The van der Waals surface area contributed by atoms with Gasteiger partial charge in [0.2, 0.25) is 0 Å². The second kappa shape index (κ2) is 10.4. The van der Waals surface area contributed by atoms with Crippen molar-refractivity contribution in [1.82, 2.24) is 15.0 Å². The van der Waals surface area contributed by atoms with Gasteiger partial charge in [-0.25, -0.2) is 4.68 Å². The predicted octanol–water partition coefficient (Wildman–Crippen LogP) is 3.76. The van der Waals surface area contributed by atoms with E-state index < -0.39 is 5.72 Å². The number of nitrogens with zero attached hydrogens (tertiary/aromatic N) is 4. The van der Waals surface area contributed by atoms with Crippen LogP contribution in [0.1, 0.15) is 25.0 Å². The number of ether oxygens (including phenoxy) is 1. The van der Waals surface area contributed by atoms with Crippen LogP contribution in [0.5, 0.6) is 0 Å². The number of ketones is 1. The number of aldehydes is 1. The van der Waals surface area contributed by atoms with Crippen LogP contribution in [0, 0.1) is 5.92 Å². The molecule has 0 amide bonds. The highest BCUT2D eigenvalue weighted by molar-refractivity contribution is 6.00. The minimum absolute atomic E-state index is 0.0892. The zero-order chi connectivity index (χ0) is 23.1. The van der Waals surface area contributed by atoms with Crippen molar-refractivity contribution in [2.45, 2.75) is 31.4 Å². The molecule has 0 spiro atoms. The predicted molar refractivity (Wildman–Crippen MR) is 127 cm³/mol. The van der Waals surface area contributed by atoms with Crippen LogP contribution in [0.4, 0.5) is 5.69 Å². The molecule has 0 fully saturated rings. The van der Waals surface area contributed by atoms with Gasteiger partial charge in [0.25, 0.3) is 0 Å². The van der Waals surface area contributed by atoms with E-state index >= 15 is 0 Å². The maximum Gasteiger partial charge on any atom is 0.180 e. The van der Waals surface area contributed by atoms with Gasteiger partial charge >= 0.3 is 0 Å². The lowest BCUT2D eigenvalue weighted by molar-refractivity contribution is -0.115. The lowest BCUT2D eigenvalue weighted by Crippen LogP contribution is -2.48. The van der Waals surface area contributed by atoms with E-state index in [-0.39, 0.29) is 18.3 Å². The topological polar surface area (TPSA) is 77.3 Å². The van der Waals surface area contributed by atoms with Crippen LogP contribution in [0.25, 0.3) is 5.70 Å². The highest BCUT2D eigenvalue weighted by Gasteiger charge is 2.33. The monoisotopic (exact) mass is 444 g/mol. The van der Waals surface area contributed by atoms with Gasteiger partial charge in [0.15, 0.2) is 11.5 Å². The molecule has 170 valence electrons. The molecular formula is C26H28N4O3. The number of hydrogen-bond donors (Lipinski definition) is 0. The molecule has 1 atom stereocenters. The molecule has 0 saturated heterocycles. The normalized spacial score (nSPS) is 17.6. The van der Waals surface area contributed by atoms with Crippen molar-refractivity contribution in [2.24, 2.45) is 5.92 Å². The summed E-state index contributed by atoms with van der Waals surface area (Å²) in [4.78, 5) is 25.5. The molecule has 7 nitrogen and oxygen atoms in total. The van der Waals surface area contributed by atoms with Crippen molar-refractivity contribution in [3.8, 4) is 0 Å². The molecule has 0 N–H and O–H groups in total. The third-order valence-corrected chi connectivity index (χ3v) is 5.91. The van der Waals surface area contributed by atoms with Gasteiger partial charge < -0.3 is 14.4 Å². The van der Waals surface area contributed by atoms with E-state index in [0.29, 0.717) is 12.8 Å². The zero-order valence-electron chi connectivity index (χ0n) is 18.7. The fourth-order valence-electron chi connectivity index (χ4n) is 3.86. The Labute approximate surface area is 193 Å². The Morgan fingerprint density at radius 1 is 1.18 bits per heavy atom. The molecule has 7 heteroatoms. The van der Waals surface area contributed by atoms with Crippen molar-refractivity contribution in [3.63, 3.8) is 0 Å². The summed E-state index contributed by atoms with van der Waals surface area (Å²) >= 11 is 0. The van der Waals surface area contributed by atoms with Crippen molar-refractivity contribution in [1.29, 1.82) is 0 Å². The molecular weight excluding hydrogens is 416 g/mol. The highest BCUT2D eigenvalue weighted by Crippen LogP contribution is 2.29. The van der Waals surface area contributed by atoms with Crippen LogP contribution in [0.3, 0.4) is 0 Å². The summed E-state index contributed by atoms with van der Waals surface area (Å²) in [6.45, 7) is 0.214. The second-order valence-electron chi connectivity index (χ2n) is 8.22. The number of rotatable bonds is 10. The van der Waals surface area contributed by atoms with Gasteiger partial charge in [-0.2, -0.15) is 0 Å². The fourth-order valence-corrected chi connectivity index (χ4v) is 3.86. The number of anilines is 1. The third-order valence-electron chi connectivity index (χ3n) is 5.91. The molecule has 1 aromatic carbocycles. The number of allylic oxidation sites excluding steroid dienone is 6. The number of carbonyl (C=O) groups is 2. The van der Waals surface area contributed by atoms with Crippen LogP contribution >= 0.6 is 0 Å². The Bertz CT molecular complexity index is 1080. The molecule has 1 unspecified atom stereocenters. The van der Waals surface area contributed by atoms with Crippen molar-refractivity contribution >= 4 is 23.5 Å². The Hall–Kier alpha value is -3.58. The quantitative estimate of drug-likeness (QED) is 0.410. The molecule has 33 heavy (non-hydrogen) atoms. The average molecular weight is 445 g/mol. The summed E-state index contributed by atoms with van der Waals surface area (Å²) in [5, 5.41) is 8.46. The van der Waals surface area contributed by atoms with Gasteiger partial charge in [0.05, 0.1) is 24.2 Å². The lowest BCUT2D eigenvalue weighted by atomic mass is 10.0. The third kappa shape index (κ3) is 5.43. The first kappa shape index (κ1) is 22.6. The van der Waals surface area contributed by atoms with Crippen LogP contribution in [0.15, 0.2) is 79.1 Å². The van der Waals surface area contributed by atoms with Crippen molar-refractivity contribution < 1.29 is 14.3 Å². The molecule has 0 aliphatic heterocycles. The number of aromatic nitrogens is 3. The first-order chi connectivity index (χ1) is 16.1. The first-order valence-electron chi connectivity index (χ1n) is 11.2. The van der Waals surface area contributed by atoms with E-state index in [4.69, 9.17) is 4.74 Å². The fraction of sp³-hybridized carbons (Fsp3) is 0.308. The zero-order valence-corrected chi connectivity index (χ0v) is 18.7. The molecule has 1 heterocycles. The standard InChI is InChI=1S/C26H28N4O3/c1-29(23-8-4-2-5-9-23)26(16-14-25(32)15-17-26)33-20-21(19-31)12-13-22-18-30(28-27-22)24-10-6-3-7-11-24/h2,4-6,8-11,14-19,21H,3,7,12-13,20H2,1H3. The molecule has 2 aliphatic carbocycles. The van der Waals surface area contributed by atoms with E-state index in [2.05, 4.69) is 22.5 Å². The van der Waals surface area contributed by atoms with Crippen LogP contribution in [0.2, 0.25) is 0 Å². The van der Waals surface area contributed by atoms with E-state index in [1.165, 1.54) is 12.2 Å². The second-order valence-corrected chi connectivity index (χ2v) is 8.22. The van der Waals surface area contributed by atoms with Gasteiger partial charge in [0.1, 0.15) is 6.29 Å². The van der Waals surface area contributed by atoms with Gasteiger partial charge in [-0.3, -0.25) is 4.79 Å². The Morgan fingerprint density at radius 2 is 1.97 bits per heavy atom. The summed E-state index contributed by atoms with van der Waals surface area (Å²) in [5.41, 5.74) is 1.85. The number of aryl methyl sites for hydroxylation is 1. The van der Waals surface area contributed by atoms with Gasteiger partial charge in [-0.1, -0.05) is 35.6 Å². The van der Waals surface area contributed by atoms with E-state index in [9.17, 15) is 9.59 Å². The molecule has 2 aliphatic rings. The summed E-state index contributed by atoms with van der Waals surface area (Å²) in [7, 11) is 1.91. The van der Waals surface area contributed by atoms with Crippen LogP contribution < -0.4 is 4.90 Å². The number of likely N-dealkylation sites (N-methyl/N-ethyl adjacent to an activating group) is 1.